The van der Waals surface area contributed by atoms with E-state index < -0.39 is 11.5 Å². The molecule has 0 saturated carbocycles. The first kappa shape index (κ1) is 17.2. The molecule has 0 unspecified atom stereocenters. The average Bonchev–Trinajstić information content (AvgIpc) is 3.19. The van der Waals surface area contributed by atoms with Gasteiger partial charge in [-0.25, -0.2) is 9.78 Å². The van der Waals surface area contributed by atoms with E-state index in [1.807, 2.05) is 0 Å². The number of fused-ring (bicyclic) bond motifs is 1. The highest BCUT2D eigenvalue weighted by atomic mass is 32.2. The average molecular weight is 379 g/mol. The van der Waals surface area contributed by atoms with Crippen molar-refractivity contribution < 1.29 is 19.1 Å². The Balaban J connectivity index is 1.70. The number of nitrogens with one attached hydrogen (secondary N) is 2. The number of carboxylic acid groups (broad SMARTS) is 1. The first-order valence-corrected chi connectivity index (χ1v) is 8.94. The number of aromatic nitrogens is 2. The molecule has 25 heavy (non-hydrogen) atoms. The number of rotatable bonds is 6. The van der Waals surface area contributed by atoms with Crippen molar-refractivity contribution in [2.24, 2.45) is 0 Å². The number of furan rings is 1. The Morgan fingerprint density at radius 2 is 2.28 bits per heavy atom. The number of aromatic carboxylic acids is 1. The molecule has 0 aromatic carbocycles. The molecular weight excluding hydrogens is 366 g/mol. The van der Waals surface area contributed by atoms with Gasteiger partial charge in [-0.2, -0.15) is 0 Å². The number of carbonyl (C=O) groups is 2. The molecule has 0 saturated heterocycles. The third kappa shape index (κ3) is 3.74. The van der Waals surface area contributed by atoms with Gasteiger partial charge >= 0.3 is 5.97 Å². The fraction of sp³-hybridized carbons (Fsp3) is 0.200. The molecule has 0 bridgehead atoms. The lowest BCUT2D eigenvalue weighted by Gasteiger charge is -2.03. The molecule has 3 rings (SSSR count). The minimum absolute atomic E-state index is 0.0608. The molecule has 0 aliphatic heterocycles. The zero-order valence-electron chi connectivity index (χ0n) is 13.0. The summed E-state index contributed by atoms with van der Waals surface area (Å²) in [6.45, 7) is 1.86. The van der Waals surface area contributed by atoms with Gasteiger partial charge in [-0.05, 0) is 24.6 Å². The molecule has 3 heterocycles. The van der Waals surface area contributed by atoms with E-state index in [-0.39, 0.29) is 33.6 Å². The number of H-pyrrole nitrogens is 1. The van der Waals surface area contributed by atoms with Crippen LogP contribution in [0, 0.1) is 6.92 Å². The van der Waals surface area contributed by atoms with Gasteiger partial charge in [-0.15, -0.1) is 11.3 Å². The number of thiophene rings is 1. The normalized spacial score (nSPS) is 10.9. The summed E-state index contributed by atoms with van der Waals surface area (Å²) in [4.78, 5) is 42.4. The van der Waals surface area contributed by atoms with Crippen molar-refractivity contribution in [3.05, 3.63) is 45.0 Å². The van der Waals surface area contributed by atoms with Crippen molar-refractivity contribution in [1.29, 1.82) is 0 Å². The zero-order chi connectivity index (χ0) is 18.0. The summed E-state index contributed by atoms with van der Waals surface area (Å²) in [6, 6.07) is 3.48. The van der Waals surface area contributed by atoms with Gasteiger partial charge in [0.2, 0.25) is 5.91 Å². The van der Waals surface area contributed by atoms with Crippen LogP contribution in [0.5, 0.6) is 0 Å². The van der Waals surface area contributed by atoms with Crippen LogP contribution >= 0.6 is 23.1 Å². The lowest BCUT2D eigenvalue weighted by molar-refractivity contribution is -0.118. The number of hydrogen-bond donors (Lipinski definition) is 3. The molecule has 3 aromatic rings. The Labute approximate surface area is 149 Å². The molecule has 0 fully saturated rings. The van der Waals surface area contributed by atoms with Crippen LogP contribution in [0.1, 0.15) is 21.0 Å². The van der Waals surface area contributed by atoms with Crippen LogP contribution in [0.15, 0.2) is 32.8 Å². The molecular formula is C15H13N3O5S2. The Hall–Kier alpha value is -2.59. The smallest absolute Gasteiger partial charge is 0.346 e. The third-order valence-electron chi connectivity index (χ3n) is 3.35. The van der Waals surface area contributed by atoms with Crippen LogP contribution < -0.4 is 10.9 Å². The minimum Gasteiger partial charge on any atom is -0.477 e. The maximum atomic E-state index is 12.2. The molecule has 0 radical (unpaired) electrons. The van der Waals surface area contributed by atoms with Gasteiger partial charge in [0.15, 0.2) is 5.16 Å². The number of hydrogen-bond acceptors (Lipinski definition) is 7. The predicted molar refractivity (Wildman–Crippen MR) is 93.2 cm³/mol. The van der Waals surface area contributed by atoms with Gasteiger partial charge in [-0.1, -0.05) is 11.8 Å². The van der Waals surface area contributed by atoms with Crippen molar-refractivity contribution in [3.8, 4) is 0 Å². The van der Waals surface area contributed by atoms with E-state index in [0.29, 0.717) is 16.2 Å². The standard InChI is InChI=1S/C15H13N3O5S2/c1-7-10-12(20)17-15(18-13(10)25-11(7)14(21)22)24-6-9(19)16-5-8-3-2-4-23-8/h2-4H,5-6H2,1H3,(H,16,19)(H,21,22)(H,17,18,20). The van der Waals surface area contributed by atoms with E-state index in [1.165, 1.54) is 6.26 Å². The van der Waals surface area contributed by atoms with Gasteiger partial charge in [0.1, 0.15) is 15.5 Å². The van der Waals surface area contributed by atoms with Gasteiger partial charge in [0, 0.05) is 0 Å². The highest BCUT2D eigenvalue weighted by molar-refractivity contribution is 7.99. The van der Waals surface area contributed by atoms with Crippen LogP contribution in [0.3, 0.4) is 0 Å². The van der Waals surface area contributed by atoms with Crippen molar-refractivity contribution >= 4 is 45.2 Å². The maximum Gasteiger partial charge on any atom is 0.346 e. The fourth-order valence-corrected chi connectivity index (χ4v) is 3.95. The lowest BCUT2D eigenvalue weighted by atomic mass is 10.2. The summed E-state index contributed by atoms with van der Waals surface area (Å²) in [6.07, 6.45) is 1.52. The fourth-order valence-electron chi connectivity index (χ4n) is 2.18. The van der Waals surface area contributed by atoms with E-state index in [4.69, 9.17) is 9.52 Å². The maximum absolute atomic E-state index is 12.2. The quantitative estimate of drug-likeness (QED) is 0.442. The second-order valence-corrected chi connectivity index (χ2v) is 7.02. The molecule has 10 heteroatoms. The van der Waals surface area contributed by atoms with Gasteiger partial charge in [0.05, 0.1) is 23.9 Å². The molecule has 0 aliphatic rings. The Morgan fingerprint density at radius 1 is 1.48 bits per heavy atom. The van der Waals surface area contributed by atoms with Crippen LogP contribution in [0.4, 0.5) is 0 Å². The second kappa shape index (κ2) is 7.11. The SMILES string of the molecule is Cc1c(C(=O)O)sc2nc(SCC(=O)NCc3ccco3)[nH]c(=O)c12. The predicted octanol–water partition coefficient (Wildman–Crippen LogP) is 1.99. The zero-order valence-corrected chi connectivity index (χ0v) is 14.6. The first-order valence-electron chi connectivity index (χ1n) is 7.14. The van der Waals surface area contributed by atoms with Gasteiger partial charge in [-0.3, -0.25) is 9.59 Å². The minimum atomic E-state index is -1.09. The number of aryl methyl sites for hydroxylation is 1. The summed E-state index contributed by atoms with van der Waals surface area (Å²) in [5.74, 6) is -0.628. The van der Waals surface area contributed by atoms with E-state index in [1.54, 1.807) is 19.1 Å². The summed E-state index contributed by atoms with van der Waals surface area (Å²) in [7, 11) is 0. The molecule has 0 atom stereocenters. The Bertz CT molecular complexity index is 991. The Morgan fingerprint density at radius 3 is 2.96 bits per heavy atom. The van der Waals surface area contributed by atoms with E-state index in [0.717, 1.165) is 23.1 Å². The summed E-state index contributed by atoms with van der Waals surface area (Å²) >= 11 is 2.01. The summed E-state index contributed by atoms with van der Waals surface area (Å²) in [5.41, 5.74) is -0.0151. The Kier molecular flexibility index (Phi) is 4.91. The summed E-state index contributed by atoms with van der Waals surface area (Å²) in [5, 5.41) is 12.4. The van der Waals surface area contributed by atoms with E-state index in [2.05, 4.69) is 15.3 Å². The van der Waals surface area contributed by atoms with Crippen molar-refractivity contribution in [2.75, 3.05) is 5.75 Å². The van der Waals surface area contributed by atoms with Gasteiger partial charge in [0.25, 0.3) is 5.56 Å². The van der Waals surface area contributed by atoms with Crippen LogP contribution in [-0.2, 0) is 11.3 Å². The van der Waals surface area contributed by atoms with Crippen molar-refractivity contribution in [1.82, 2.24) is 15.3 Å². The van der Waals surface area contributed by atoms with Gasteiger partial charge < -0.3 is 19.8 Å². The molecule has 3 N–H and O–H groups in total. The van der Waals surface area contributed by atoms with E-state index >= 15 is 0 Å². The van der Waals surface area contributed by atoms with Crippen molar-refractivity contribution in [3.63, 3.8) is 0 Å². The monoisotopic (exact) mass is 379 g/mol. The van der Waals surface area contributed by atoms with Crippen LogP contribution in [0.2, 0.25) is 0 Å². The number of carbonyl (C=O) groups excluding carboxylic acids is 1. The second-order valence-electron chi connectivity index (χ2n) is 5.06. The number of amides is 1. The molecule has 0 aliphatic carbocycles. The van der Waals surface area contributed by atoms with Crippen molar-refractivity contribution in [2.45, 2.75) is 18.6 Å². The molecule has 0 spiro atoms. The molecule has 130 valence electrons. The largest absolute Gasteiger partial charge is 0.477 e. The highest BCUT2D eigenvalue weighted by Gasteiger charge is 2.18. The number of aromatic amines is 1. The van der Waals surface area contributed by atoms with E-state index in [9.17, 15) is 14.4 Å². The lowest BCUT2D eigenvalue weighted by Crippen LogP contribution is -2.24. The van der Waals surface area contributed by atoms with Crippen LogP contribution in [0.25, 0.3) is 10.2 Å². The third-order valence-corrected chi connectivity index (χ3v) is 5.40. The number of nitrogens with zero attached hydrogens (tertiary/aromatic N) is 1. The molecule has 1 amide bonds. The highest BCUT2D eigenvalue weighted by Crippen LogP contribution is 2.28. The number of carboxylic acids is 1. The first-order chi connectivity index (χ1) is 12.0. The topological polar surface area (TPSA) is 125 Å². The van der Waals surface area contributed by atoms with Crippen LogP contribution in [-0.4, -0.2) is 32.7 Å². The molecule has 8 nitrogen and oxygen atoms in total. The molecule has 3 aromatic heterocycles. The summed E-state index contributed by atoms with van der Waals surface area (Å²) < 4.78 is 5.12. The number of thioether (sulfide) groups is 1.